The lowest BCUT2D eigenvalue weighted by Gasteiger charge is -2.26. The van der Waals surface area contributed by atoms with E-state index in [1.54, 1.807) is 11.7 Å². The van der Waals surface area contributed by atoms with Crippen LogP contribution >= 0.6 is 0 Å². The van der Waals surface area contributed by atoms with E-state index in [4.69, 9.17) is 4.74 Å². The summed E-state index contributed by atoms with van der Waals surface area (Å²) in [6.07, 6.45) is 0. The molecule has 1 aromatic carbocycles. The number of aliphatic hydroxyl groups excluding tert-OH is 1. The van der Waals surface area contributed by atoms with Crippen LogP contribution in [0.15, 0.2) is 30.3 Å². The summed E-state index contributed by atoms with van der Waals surface area (Å²) < 4.78 is 6.92. The average Bonchev–Trinajstić information content (AvgIpc) is 2.96. The van der Waals surface area contributed by atoms with Gasteiger partial charge in [0.1, 0.15) is 0 Å². The third-order valence-corrected chi connectivity index (χ3v) is 3.86. The van der Waals surface area contributed by atoms with E-state index in [1.807, 2.05) is 35.2 Å². The number of ether oxygens (including phenoxy) is 1. The van der Waals surface area contributed by atoms with Gasteiger partial charge >= 0.3 is 0 Å². The molecule has 1 aliphatic rings. The van der Waals surface area contributed by atoms with Gasteiger partial charge in [0.15, 0.2) is 0 Å². The maximum atomic E-state index is 12.4. The summed E-state index contributed by atoms with van der Waals surface area (Å²) in [5.41, 5.74) is 3.14. The van der Waals surface area contributed by atoms with Crippen molar-refractivity contribution >= 4 is 5.91 Å². The number of aliphatic hydroxyl groups is 1. The predicted molar refractivity (Wildman–Crippen MR) is 81.3 cm³/mol. The van der Waals surface area contributed by atoms with Crippen molar-refractivity contribution < 1.29 is 14.6 Å². The van der Waals surface area contributed by atoms with Crippen molar-refractivity contribution in [2.75, 3.05) is 26.3 Å². The van der Waals surface area contributed by atoms with Gasteiger partial charge in [0, 0.05) is 31.3 Å². The molecular formula is C16H19N3O3. The van der Waals surface area contributed by atoms with E-state index in [9.17, 15) is 9.90 Å². The van der Waals surface area contributed by atoms with E-state index in [0.717, 1.165) is 17.0 Å². The minimum Gasteiger partial charge on any atom is -0.390 e. The lowest BCUT2D eigenvalue weighted by atomic mass is 10.1. The van der Waals surface area contributed by atoms with Gasteiger partial charge in [-0.3, -0.25) is 9.48 Å². The minimum atomic E-state index is -0.0445. The molecule has 0 spiro atoms. The fraction of sp³-hybridized carbons (Fsp3) is 0.375. The molecular weight excluding hydrogens is 282 g/mol. The summed E-state index contributed by atoms with van der Waals surface area (Å²) in [5.74, 6) is 0.0342. The first-order chi connectivity index (χ1) is 10.7. The van der Waals surface area contributed by atoms with E-state index in [2.05, 4.69) is 5.10 Å². The molecule has 1 aliphatic heterocycles. The first-order valence-corrected chi connectivity index (χ1v) is 7.30. The van der Waals surface area contributed by atoms with Crippen LogP contribution < -0.4 is 0 Å². The van der Waals surface area contributed by atoms with Gasteiger partial charge in [0.2, 0.25) is 0 Å². The number of rotatable bonds is 3. The molecule has 2 aromatic rings. The second-order valence-electron chi connectivity index (χ2n) is 5.28. The molecule has 1 aromatic heterocycles. The summed E-state index contributed by atoms with van der Waals surface area (Å²) in [6, 6.07) is 9.26. The zero-order chi connectivity index (χ0) is 15.5. The number of nitrogens with zero attached hydrogens (tertiary/aromatic N) is 3. The summed E-state index contributed by atoms with van der Waals surface area (Å²) in [4.78, 5) is 14.2. The molecule has 116 valence electrons. The normalized spacial score (nSPS) is 15.1. The SMILES string of the molecule is Cn1nc(-c2ccc(C(=O)N3CCOCC3)cc2)cc1CO. The van der Waals surface area contributed by atoms with Crippen molar-refractivity contribution in [3.05, 3.63) is 41.6 Å². The molecule has 0 atom stereocenters. The Hall–Kier alpha value is -2.18. The molecule has 0 saturated carbocycles. The molecule has 0 bridgehead atoms. The second-order valence-corrected chi connectivity index (χ2v) is 5.28. The van der Waals surface area contributed by atoms with Crippen LogP contribution in [-0.2, 0) is 18.4 Å². The fourth-order valence-electron chi connectivity index (χ4n) is 2.53. The Labute approximate surface area is 128 Å². The number of carbonyl (C=O) groups excluding carboxylic acids is 1. The maximum Gasteiger partial charge on any atom is 0.254 e. The van der Waals surface area contributed by atoms with E-state index in [1.165, 1.54) is 0 Å². The highest BCUT2D eigenvalue weighted by molar-refractivity contribution is 5.94. The smallest absolute Gasteiger partial charge is 0.254 e. The molecule has 0 radical (unpaired) electrons. The third-order valence-electron chi connectivity index (χ3n) is 3.86. The van der Waals surface area contributed by atoms with Gasteiger partial charge in [-0.2, -0.15) is 5.10 Å². The van der Waals surface area contributed by atoms with Crippen LogP contribution in [0, 0.1) is 0 Å². The number of hydrogen-bond acceptors (Lipinski definition) is 4. The highest BCUT2D eigenvalue weighted by Crippen LogP contribution is 2.20. The van der Waals surface area contributed by atoms with Crippen LogP contribution in [0.4, 0.5) is 0 Å². The molecule has 1 N–H and O–H groups in total. The van der Waals surface area contributed by atoms with Gasteiger partial charge in [-0.05, 0) is 18.2 Å². The molecule has 6 heteroatoms. The Bertz CT molecular complexity index is 658. The summed E-state index contributed by atoms with van der Waals surface area (Å²) in [5, 5.41) is 13.6. The van der Waals surface area contributed by atoms with Gasteiger partial charge in [-0.1, -0.05) is 12.1 Å². The van der Waals surface area contributed by atoms with Gasteiger partial charge < -0.3 is 14.7 Å². The zero-order valence-corrected chi connectivity index (χ0v) is 12.5. The highest BCUT2D eigenvalue weighted by Gasteiger charge is 2.18. The third kappa shape index (κ3) is 2.88. The van der Waals surface area contributed by atoms with E-state index < -0.39 is 0 Å². The van der Waals surface area contributed by atoms with Gasteiger partial charge in [0.05, 0.1) is 31.2 Å². The Morgan fingerprint density at radius 2 is 1.95 bits per heavy atom. The van der Waals surface area contributed by atoms with Crippen molar-refractivity contribution in [1.29, 1.82) is 0 Å². The molecule has 0 unspecified atom stereocenters. The van der Waals surface area contributed by atoms with Crippen LogP contribution in [0.2, 0.25) is 0 Å². The van der Waals surface area contributed by atoms with Gasteiger partial charge in [0.25, 0.3) is 5.91 Å². The fourth-order valence-corrected chi connectivity index (χ4v) is 2.53. The summed E-state index contributed by atoms with van der Waals surface area (Å²) in [7, 11) is 1.80. The first-order valence-electron chi connectivity index (χ1n) is 7.30. The molecule has 2 heterocycles. The zero-order valence-electron chi connectivity index (χ0n) is 12.5. The highest BCUT2D eigenvalue weighted by atomic mass is 16.5. The monoisotopic (exact) mass is 301 g/mol. The Morgan fingerprint density at radius 1 is 1.27 bits per heavy atom. The van der Waals surface area contributed by atoms with Crippen molar-refractivity contribution in [3.8, 4) is 11.3 Å². The standard InChI is InChI=1S/C16H19N3O3/c1-18-14(11-20)10-15(17-18)12-2-4-13(5-3-12)16(21)19-6-8-22-9-7-19/h2-5,10,20H,6-9,11H2,1H3. The van der Waals surface area contributed by atoms with E-state index >= 15 is 0 Å². The topological polar surface area (TPSA) is 67.6 Å². The quantitative estimate of drug-likeness (QED) is 0.920. The number of morpholine rings is 1. The predicted octanol–water partition coefficient (Wildman–Crippen LogP) is 1.05. The average molecular weight is 301 g/mol. The summed E-state index contributed by atoms with van der Waals surface area (Å²) in [6.45, 7) is 2.43. The van der Waals surface area contributed by atoms with Crippen LogP contribution in [-0.4, -0.2) is 52.0 Å². The van der Waals surface area contributed by atoms with Crippen LogP contribution in [0.5, 0.6) is 0 Å². The number of aryl methyl sites for hydroxylation is 1. The number of hydrogen-bond donors (Lipinski definition) is 1. The Balaban J connectivity index is 1.78. The number of carbonyl (C=O) groups is 1. The van der Waals surface area contributed by atoms with Crippen LogP contribution in [0.1, 0.15) is 16.1 Å². The first kappa shape index (κ1) is 14.7. The Morgan fingerprint density at radius 3 is 2.55 bits per heavy atom. The molecule has 3 rings (SSSR count). The largest absolute Gasteiger partial charge is 0.390 e. The minimum absolute atomic E-state index is 0.0342. The van der Waals surface area contributed by atoms with Crippen molar-refractivity contribution in [1.82, 2.24) is 14.7 Å². The van der Waals surface area contributed by atoms with Crippen LogP contribution in [0.3, 0.4) is 0 Å². The van der Waals surface area contributed by atoms with Gasteiger partial charge in [-0.15, -0.1) is 0 Å². The van der Waals surface area contributed by atoms with Crippen molar-refractivity contribution in [3.63, 3.8) is 0 Å². The van der Waals surface area contributed by atoms with Gasteiger partial charge in [-0.25, -0.2) is 0 Å². The molecule has 1 saturated heterocycles. The number of amides is 1. The van der Waals surface area contributed by atoms with Crippen molar-refractivity contribution in [2.24, 2.45) is 7.05 Å². The lowest BCUT2D eigenvalue weighted by molar-refractivity contribution is 0.0303. The maximum absolute atomic E-state index is 12.4. The second kappa shape index (κ2) is 6.29. The number of aromatic nitrogens is 2. The molecule has 1 amide bonds. The lowest BCUT2D eigenvalue weighted by Crippen LogP contribution is -2.40. The number of benzene rings is 1. The molecule has 6 nitrogen and oxygen atoms in total. The molecule has 22 heavy (non-hydrogen) atoms. The molecule has 1 fully saturated rings. The van der Waals surface area contributed by atoms with E-state index in [-0.39, 0.29) is 12.5 Å². The van der Waals surface area contributed by atoms with E-state index in [0.29, 0.717) is 31.9 Å². The van der Waals surface area contributed by atoms with Crippen LogP contribution in [0.25, 0.3) is 11.3 Å². The van der Waals surface area contributed by atoms with Crippen molar-refractivity contribution in [2.45, 2.75) is 6.61 Å². The summed E-state index contributed by atoms with van der Waals surface area (Å²) >= 11 is 0. The molecule has 0 aliphatic carbocycles. The Kier molecular flexibility index (Phi) is 4.22.